The zero-order chi connectivity index (χ0) is 10.7. The number of amides is 1. The van der Waals surface area contributed by atoms with Crippen LogP contribution >= 0.6 is 23.2 Å². The van der Waals surface area contributed by atoms with Crippen molar-refractivity contribution in [1.82, 2.24) is 9.97 Å². The number of hydrogen-bond acceptors (Lipinski definition) is 4. The number of halogens is 2. The van der Waals surface area contributed by atoms with Crippen LogP contribution in [0.25, 0.3) is 0 Å². The highest BCUT2D eigenvalue weighted by Gasteiger charge is 2.13. The summed E-state index contributed by atoms with van der Waals surface area (Å²) in [5.41, 5.74) is 5.52. The quantitative estimate of drug-likeness (QED) is 0.751. The number of anilines is 1. The normalized spacial score (nSPS) is 12.3. The summed E-state index contributed by atoms with van der Waals surface area (Å²) in [6, 6.07) is -0.651. The van der Waals surface area contributed by atoms with Crippen LogP contribution in [0.1, 0.15) is 6.92 Å². The van der Waals surface area contributed by atoms with Gasteiger partial charge in [-0.1, -0.05) is 23.2 Å². The summed E-state index contributed by atoms with van der Waals surface area (Å²) < 4.78 is 0. The molecule has 1 rings (SSSR count). The minimum absolute atomic E-state index is 0.0824. The highest BCUT2D eigenvalue weighted by atomic mass is 35.5. The number of aromatic nitrogens is 2. The number of nitrogens with one attached hydrogen (secondary N) is 1. The molecule has 0 bridgehead atoms. The summed E-state index contributed by atoms with van der Waals surface area (Å²) >= 11 is 11.4. The van der Waals surface area contributed by atoms with Crippen molar-refractivity contribution in [3.8, 4) is 0 Å². The van der Waals surface area contributed by atoms with E-state index in [2.05, 4.69) is 15.3 Å². The summed E-state index contributed by atoms with van der Waals surface area (Å²) in [6.07, 6.45) is 1.20. The summed E-state index contributed by atoms with van der Waals surface area (Å²) in [6.45, 7) is 1.54. The molecule has 1 aromatic rings. The lowest BCUT2D eigenvalue weighted by molar-refractivity contribution is -0.117. The first-order chi connectivity index (χ1) is 6.52. The number of rotatable bonds is 2. The molecule has 0 aliphatic heterocycles. The first kappa shape index (κ1) is 11.2. The number of nitrogens with two attached hydrogens (primary N) is 1. The molecule has 5 nitrogen and oxygen atoms in total. The van der Waals surface area contributed by atoms with E-state index < -0.39 is 11.9 Å². The van der Waals surface area contributed by atoms with Gasteiger partial charge in [-0.15, -0.1) is 0 Å². The molecule has 0 saturated heterocycles. The minimum atomic E-state index is -0.651. The molecule has 76 valence electrons. The minimum Gasteiger partial charge on any atom is -0.320 e. The van der Waals surface area contributed by atoms with Gasteiger partial charge >= 0.3 is 0 Å². The van der Waals surface area contributed by atoms with Crippen LogP contribution in [-0.2, 0) is 4.79 Å². The third kappa shape index (κ3) is 2.54. The molecule has 0 fully saturated rings. The smallest absolute Gasteiger partial charge is 0.241 e. The third-order valence-corrected chi connectivity index (χ3v) is 1.99. The fraction of sp³-hybridized carbons (Fsp3) is 0.286. The standard InChI is InChI=1S/C7H8Cl2N4O/c1-3(10)7(14)13-4-5(8)11-2-12-6(4)9/h2-3H,10H2,1H3,(H,13,14)/t3-/m0/s1. The second-order valence-corrected chi connectivity index (χ2v) is 3.32. The van der Waals surface area contributed by atoms with Gasteiger partial charge in [-0.2, -0.15) is 0 Å². The Kier molecular flexibility index (Phi) is 3.62. The lowest BCUT2D eigenvalue weighted by Gasteiger charge is -2.09. The van der Waals surface area contributed by atoms with E-state index in [-0.39, 0.29) is 16.0 Å². The molecule has 1 aromatic heterocycles. The second-order valence-electron chi connectivity index (χ2n) is 2.61. The lowest BCUT2D eigenvalue weighted by Crippen LogP contribution is -2.32. The van der Waals surface area contributed by atoms with Gasteiger partial charge in [0.2, 0.25) is 5.91 Å². The Balaban J connectivity index is 2.91. The van der Waals surface area contributed by atoms with Crippen LogP contribution < -0.4 is 11.1 Å². The Bertz CT molecular complexity index is 335. The largest absolute Gasteiger partial charge is 0.320 e. The maximum absolute atomic E-state index is 11.2. The van der Waals surface area contributed by atoms with Crippen LogP contribution in [0.3, 0.4) is 0 Å². The molecular formula is C7H8Cl2N4O. The van der Waals surface area contributed by atoms with E-state index in [9.17, 15) is 4.79 Å². The lowest BCUT2D eigenvalue weighted by atomic mass is 10.3. The predicted molar refractivity (Wildman–Crippen MR) is 54.3 cm³/mol. The van der Waals surface area contributed by atoms with Crippen molar-refractivity contribution in [3.63, 3.8) is 0 Å². The van der Waals surface area contributed by atoms with Crippen molar-refractivity contribution < 1.29 is 4.79 Å². The van der Waals surface area contributed by atoms with Gasteiger partial charge in [-0.25, -0.2) is 9.97 Å². The Hall–Kier alpha value is -0.910. The van der Waals surface area contributed by atoms with E-state index in [4.69, 9.17) is 28.9 Å². The topological polar surface area (TPSA) is 80.9 Å². The monoisotopic (exact) mass is 234 g/mol. The van der Waals surface area contributed by atoms with E-state index in [0.717, 1.165) is 0 Å². The van der Waals surface area contributed by atoms with Crippen molar-refractivity contribution in [1.29, 1.82) is 0 Å². The van der Waals surface area contributed by atoms with Gasteiger partial charge in [0.25, 0.3) is 0 Å². The summed E-state index contributed by atoms with van der Waals surface area (Å²) in [5.74, 6) is -0.399. The number of carbonyl (C=O) groups excluding carboxylic acids is 1. The highest BCUT2D eigenvalue weighted by Crippen LogP contribution is 2.25. The van der Waals surface area contributed by atoms with Gasteiger partial charge in [0.1, 0.15) is 12.0 Å². The van der Waals surface area contributed by atoms with Crippen LogP contribution in [-0.4, -0.2) is 21.9 Å². The molecule has 7 heteroatoms. The van der Waals surface area contributed by atoms with Crippen molar-refractivity contribution in [2.75, 3.05) is 5.32 Å². The van der Waals surface area contributed by atoms with Gasteiger partial charge in [0.05, 0.1) is 6.04 Å². The van der Waals surface area contributed by atoms with Gasteiger partial charge in [-0.3, -0.25) is 4.79 Å². The van der Waals surface area contributed by atoms with Crippen molar-refractivity contribution >= 4 is 34.8 Å². The van der Waals surface area contributed by atoms with Crippen molar-refractivity contribution in [2.24, 2.45) is 5.73 Å². The van der Waals surface area contributed by atoms with Crippen molar-refractivity contribution in [2.45, 2.75) is 13.0 Å². The second kappa shape index (κ2) is 4.54. The first-order valence-corrected chi connectivity index (χ1v) is 4.50. The van der Waals surface area contributed by atoms with E-state index in [1.54, 1.807) is 6.92 Å². The van der Waals surface area contributed by atoms with Crippen LogP contribution in [0.4, 0.5) is 5.69 Å². The van der Waals surface area contributed by atoms with E-state index in [0.29, 0.717) is 0 Å². The van der Waals surface area contributed by atoms with Gasteiger partial charge in [0, 0.05) is 0 Å². The molecule has 0 unspecified atom stereocenters. The van der Waals surface area contributed by atoms with Crippen LogP contribution in [0.2, 0.25) is 10.3 Å². The van der Waals surface area contributed by atoms with Crippen LogP contribution in [0.5, 0.6) is 0 Å². The summed E-state index contributed by atoms with van der Waals surface area (Å²) in [7, 11) is 0. The van der Waals surface area contributed by atoms with Gasteiger partial charge < -0.3 is 11.1 Å². The van der Waals surface area contributed by atoms with Gasteiger partial charge in [-0.05, 0) is 6.92 Å². The maximum atomic E-state index is 11.2. The first-order valence-electron chi connectivity index (χ1n) is 3.75. The Morgan fingerprint density at radius 1 is 1.50 bits per heavy atom. The molecule has 0 aliphatic carbocycles. The SMILES string of the molecule is C[C@H](N)C(=O)Nc1c(Cl)ncnc1Cl. The number of hydrogen-bond donors (Lipinski definition) is 2. The van der Waals surface area contributed by atoms with E-state index in [1.807, 2.05) is 0 Å². The zero-order valence-corrected chi connectivity index (χ0v) is 8.80. The molecule has 1 amide bonds. The molecular weight excluding hydrogens is 227 g/mol. The molecule has 14 heavy (non-hydrogen) atoms. The van der Waals surface area contributed by atoms with Crippen LogP contribution in [0.15, 0.2) is 6.33 Å². The average molecular weight is 235 g/mol. The van der Waals surface area contributed by atoms with Crippen LogP contribution in [0, 0.1) is 0 Å². The van der Waals surface area contributed by atoms with E-state index in [1.165, 1.54) is 6.33 Å². The molecule has 0 radical (unpaired) electrons. The predicted octanol–water partition coefficient (Wildman–Crippen LogP) is 1.07. The third-order valence-electron chi connectivity index (χ3n) is 1.42. The molecule has 3 N–H and O–H groups in total. The highest BCUT2D eigenvalue weighted by molar-refractivity contribution is 6.38. The summed E-state index contributed by atoms with van der Waals surface area (Å²) in [4.78, 5) is 18.5. The maximum Gasteiger partial charge on any atom is 0.241 e. The number of nitrogens with zero attached hydrogens (tertiary/aromatic N) is 2. The van der Waals surface area contributed by atoms with Gasteiger partial charge in [0.15, 0.2) is 10.3 Å². The Morgan fingerprint density at radius 3 is 2.43 bits per heavy atom. The molecule has 1 heterocycles. The number of carbonyl (C=O) groups is 1. The molecule has 0 spiro atoms. The molecule has 1 atom stereocenters. The Labute approximate surface area is 90.6 Å². The molecule has 0 aromatic carbocycles. The van der Waals surface area contributed by atoms with Crippen molar-refractivity contribution in [3.05, 3.63) is 16.6 Å². The fourth-order valence-electron chi connectivity index (χ4n) is 0.685. The average Bonchev–Trinajstić information content (AvgIpc) is 2.11. The Morgan fingerprint density at radius 2 is 2.00 bits per heavy atom. The zero-order valence-electron chi connectivity index (χ0n) is 7.29. The molecule has 0 saturated carbocycles. The fourth-order valence-corrected chi connectivity index (χ4v) is 1.09. The molecule has 0 aliphatic rings. The van der Waals surface area contributed by atoms with E-state index >= 15 is 0 Å². The summed E-state index contributed by atoms with van der Waals surface area (Å²) in [5, 5.41) is 2.59.